The Morgan fingerprint density at radius 3 is 2.29 bits per heavy atom. The predicted molar refractivity (Wildman–Crippen MR) is 116 cm³/mol. The Morgan fingerprint density at radius 2 is 1.62 bits per heavy atom. The lowest BCUT2D eigenvalue weighted by molar-refractivity contribution is -0.137. The average Bonchev–Trinajstić information content (AvgIpc) is 3.56. The van der Waals surface area contributed by atoms with Gasteiger partial charge in [0, 0.05) is 43.9 Å². The second kappa shape index (κ2) is 9.40. The number of amides is 2. The van der Waals surface area contributed by atoms with Gasteiger partial charge in [-0.1, -0.05) is 29.4 Å². The lowest BCUT2D eigenvalue weighted by atomic mass is 9.84. The van der Waals surface area contributed by atoms with Crippen molar-refractivity contribution in [2.24, 2.45) is 0 Å². The van der Waals surface area contributed by atoms with E-state index in [1.165, 1.54) is 12.1 Å². The predicted octanol–water partition coefficient (Wildman–Crippen LogP) is 4.55. The summed E-state index contributed by atoms with van der Waals surface area (Å²) in [5, 5.41) is 4.23. The van der Waals surface area contributed by atoms with E-state index in [1.54, 1.807) is 9.80 Å². The standard InChI is InChI=1S/C24H27F3N4O3/c25-24(26,27)20-7-5-16(6-8-20)18-13-19(21-28-22(34-29-21)17-3-1-2-4-17)15-31(14-18)23(32)30-9-11-33-12-10-30/h1-2,5-8,17-19H,3-4,9-15H2. The highest BCUT2D eigenvalue weighted by molar-refractivity contribution is 5.75. The maximum Gasteiger partial charge on any atom is 0.416 e. The number of piperidine rings is 1. The molecule has 0 bridgehead atoms. The minimum absolute atomic E-state index is 0.0892. The highest BCUT2D eigenvalue weighted by Crippen LogP contribution is 2.38. The third-order valence-electron chi connectivity index (χ3n) is 6.89. The number of nitrogens with zero attached hydrogens (tertiary/aromatic N) is 4. The normalized spacial score (nSPS) is 24.1. The highest BCUT2D eigenvalue weighted by atomic mass is 19.4. The number of hydrogen-bond acceptors (Lipinski definition) is 5. The Labute approximate surface area is 195 Å². The van der Waals surface area contributed by atoms with E-state index in [0.29, 0.717) is 57.5 Å². The molecule has 10 heteroatoms. The number of ether oxygens (including phenoxy) is 1. The van der Waals surface area contributed by atoms with E-state index < -0.39 is 11.7 Å². The second-order valence-corrected chi connectivity index (χ2v) is 9.17. The van der Waals surface area contributed by atoms with Gasteiger partial charge in [-0.3, -0.25) is 0 Å². The van der Waals surface area contributed by atoms with Crippen molar-refractivity contribution >= 4 is 6.03 Å². The lowest BCUT2D eigenvalue weighted by Gasteiger charge is -2.40. The Balaban J connectivity index is 1.39. The zero-order chi connectivity index (χ0) is 23.7. The summed E-state index contributed by atoms with van der Waals surface area (Å²) in [6.07, 6.45) is 2.16. The molecule has 7 nitrogen and oxygen atoms in total. The molecule has 2 unspecified atom stereocenters. The van der Waals surface area contributed by atoms with Crippen molar-refractivity contribution in [1.82, 2.24) is 19.9 Å². The molecule has 0 N–H and O–H groups in total. The van der Waals surface area contributed by atoms with Gasteiger partial charge in [0.2, 0.25) is 5.89 Å². The molecule has 0 radical (unpaired) electrons. The smallest absolute Gasteiger partial charge is 0.378 e. The monoisotopic (exact) mass is 476 g/mol. The summed E-state index contributed by atoms with van der Waals surface area (Å²) < 4.78 is 50.1. The van der Waals surface area contributed by atoms with Gasteiger partial charge in [0.15, 0.2) is 5.82 Å². The van der Waals surface area contributed by atoms with E-state index in [9.17, 15) is 18.0 Å². The average molecular weight is 476 g/mol. The number of urea groups is 1. The second-order valence-electron chi connectivity index (χ2n) is 9.17. The van der Waals surface area contributed by atoms with Crippen molar-refractivity contribution in [2.75, 3.05) is 39.4 Å². The number of likely N-dealkylation sites (tertiary alicyclic amines) is 1. The van der Waals surface area contributed by atoms with Crippen LogP contribution in [0.2, 0.25) is 0 Å². The van der Waals surface area contributed by atoms with Crippen LogP contribution in [-0.4, -0.2) is 65.4 Å². The van der Waals surface area contributed by atoms with Gasteiger partial charge in [-0.25, -0.2) is 4.79 Å². The number of carbonyl (C=O) groups excluding carboxylic acids is 1. The van der Waals surface area contributed by atoms with Crippen LogP contribution in [0, 0.1) is 0 Å². The number of halogens is 3. The molecule has 0 saturated carbocycles. The highest BCUT2D eigenvalue weighted by Gasteiger charge is 2.37. The van der Waals surface area contributed by atoms with Gasteiger partial charge in [0.25, 0.3) is 0 Å². The van der Waals surface area contributed by atoms with Crippen molar-refractivity contribution in [3.05, 3.63) is 59.3 Å². The molecule has 2 saturated heterocycles. The third kappa shape index (κ3) is 4.82. The summed E-state index contributed by atoms with van der Waals surface area (Å²) in [7, 11) is 0. The molecule has 1 aromatic carbocycles. The summed E-state index contributed by atoms with van der Waals surface area (Å²) in [6.45, 7) is 2.90. The van der Waals surface area contributed by atoms with E-state index in [1.807, 2.05) is 0 Å². The number of rotatable bonds is 3. The summed E-state index contributed by atoms with van der Waals surface area (Å²) >= 11 is 0. The van der Waals surface area contributed by atoms with Gasteiger partial charge in [0.05, 0.1) is 18.8 Å². The topological polar surface area (TPSA) is 71.7 Å². The fourth-order valence-corrected chi connectivity index (χ4v) is 4.98. The number of hydrogen-bond donors (Lipinski definition) is 0. The Bertz CT molecular complexity index is 1020. The van der Waals surface area contributed by atoms with E-state index in [0.717, 1.165) is 30.5 Å². The molecular weight excluding hydrogens is 449 g/mol. The Morgan fingerprint density at radius 1 is 0.941 bits per heavy atom. The molecule has 2 aliphatic heterocycles. The Hall–Kier alpha value is -2.88. The van der Waals surface area contributed by atoms with Gasteiger partial charge in [0.1, 0.15) is 0 Å². The van der Waals surface area contributed by atoms with E-state index in [-0.39, 0.29) is 23.8 Å². The minimum atomic E-state index is -4.39. The first-order chi connectivity index (χ1) is 16.4. The van der Waals surface area contributed by atoms with Crippen LogP contribution in [0.15, 0.2) is 40.9 Å². The van der Waals surface area contributed by atoms with Gasteiger partial charge in [-0.05, 0) is 37.0 Å². The summed E-state index contributed by atoms with van der Waals surface area (Å²) in [6, 6.07) is 5.14. The molecule has 2 amide bonds. The van der Waals surface area contributed by atoms with Crippen LogP contribution >= 0.6 is 0 Å². The first-order valence-electron chi connectivity index (χ1n) is 11.7. The van der Waals surface area contributed by atoms with E-state index >= 15 is 0 Å². The van der Waals surface area contributed by atoms with Crippen LogP contribution < -0.4 is 0 Å². The SMILES string of the molecule is O=C(N1CCOCC1)N1CC(c2ccc(C(F)(F)F)cc2)CC(c2noc(C3CC=CC3)n2)C1. The first kappa shape index (κ1) is 22.9. The fourth-order valence-electron chi connectivity index (χ4n) is 4.98. The van der Waals surface area contributed by atoms with Crippen LogP contribution in [0.1, 0.15) is 59.9 Å². The van der Waals surface area contributed by atoms with Crippen molar-refractivity contribution < 1.29 is 27.2 Å². The zero-order valence-electron chi connectivity index (χ0n) is 18.7. The molecule has 1 aliphatic carbocycles. The Kier molecular flexibility index (Phi) is 6.33. The maximum absolute atomic E-state index is 13.3. The van der Waals surface area contributed by atoms with Crippen LogP contribution in [-0.2, 0) is 10.9 Å². The molecule has 1 aromatic heterocycles. The van der Waals surface area contributed by atoms with E-state index in [2.05, 4.69) is 22.3 Å². The molecule has 3 heterocycles. The molecular formula is C24H27F3N4O3. The van der Waals surface area contributed by atoms with Crippen molar-refractivity contribution in [3.63, 3.8) is 0 Å². The van der Waals surface area contributed by atoms with Crippen molar-refractivity contribution in [3.8, 4) is 0 Å². The number of alkyl halides is 3. The van der Waals surface area contributed by atoms with Gasteiger partial charge < -0.3 is 19.1 Å². The van der Waals surface area contributed by atoms with E-state index in [4.69, 9.17) is 9.26 Å². The number of allylic oxidation sites excluding steroid dienone is 2. The fraction of sp³-hybridized carbons (Fsp3) is 0.542. The zero-order valence-corrected chi connectivity index (χ0v) is 18.7. The molecule has 5 rings (SSSR count). The molecule has 34 heavy (non-hydrogen) atoms. The van der Waals surface area contributed by atoms with Crippen molar-refractivity contribution in [1.29, 1.82) is 0 Å². The van der Waals surface area contributed by atoms with Crippen LogP contribution in [0.25, 0.3) is 0 Å². The number of benzene rings is 1. The van der Waals surface area contributed by atoms with Crippen LogP contribution in [0.3, 0.4) is 0 Å². The number of aromatic nitrogens is 2. The van der Waals surface area contributed by atoms with Gasteiger partial charge in [-0.2, -0.15) is 18.2 Å². The summed E-state index contributed by atoms with van der Waals surface area (Å²) in [4.78, 5) is 21.5. The molecule has 2 fully saturated rings. The van der Waals surface area contributed by atoms with Gasteiger partial charge in [-0.15, -0.1) is 0 Å². The largest absolute Gasteiger partial charge is 0.416 e. The molecule has 3 aliphatic rings. The maximum atomic E-state index is 13.3. The first-order valence-corrected chi connectivity index (χ1v) is 11.7. The van der Waals surface area contributed by atoms with Crippen molar-refractivity contribution in [2.45, 2.75) is 43.2 Å². The quantitative estimate of drug-likeness (QED) is 0.608. The summed E-state index contributed by atoms with van der Waals surface area (Å²) in [5.41, 5.74) is 0.0824. The lowest BCUT2D eigenvalue weighted by Crippen LogP contribution is -2.52. The molecule has 0 spiro atoms. The molecule has 182 valence electrons. The number of morpholine rings is 1. The third-order valence-corrected chi connectivity index (χ3v) is 6.89. The van der Waals surface area contributed by atoms with Crippen LogP contribution in [0.4, 0.5) is 18.0 Å². The summed E-state index contributed by atoms with van der Waals surface area (Å²) in [5.74, 6) is 1.03. The van der Waals surface area contributed by atoms with Crippen LogP contribution in [0.5, 0.6) is 0 Å². The van der Waals surface area contributed by atoms with Gasteiger partial charge >= 0.3 is 12.2 Å². The minimum Gasteiger partial charge on any atom is -0.378 e. The molecule has 2 aromatic rings. The number of carbonyl (C=O) groups is 1. The molecule has 2 atom stereocenters.